The van der Waals surface area contributed by atoms with E-state index in [1.54, 1.807) is 13.4 Å². The molecule has 134 valence electrons. The molecule has 0 spiro atoms. The van der Waals surface area contributed by atoms with Gasteiger partial charge in [-0.3, -0.25) is 0 Å². The van der Waals surface area contributed by atoms with E-state index in [-0.39, 0.29) is 0 Å². The summed E-state index contributed by atoms with van der Waals surface area (Å²) in [5.74, 6) is 0.833. The van der Waals surface area contributed by atoms with Crippen LogP contribution < -0.4 is 4.74 Å². The summed E-state index contributed by atoms with van der Waals surface area (Å²) >= 11 is 0. The lowest BCUT2D eigenvalue weighted by molar-refractivity contribution is 0.0343. The maximum absolute atomic E-state index is 5.71. The van der Waals surface area contributed by atoms with Gasteiger partial charge >= 0.3 is 0 Å². The number of methoxy groups -OCH3 is 1. The van der Waals surface area contributed by atoms with Crippen LogP contribution in [-0.4, -0.2) is 40.1 Å². The smallest absolute Gasteiger partial charge is 0.118 e. The Labute approximate surface area is 150 Å². The molecule has 0 heterocycles. The Morgan fingerprint density at radius 1 is 0.800 bits per heavy atom. The third-order valence-corrected chi connectivity index (χ3v) is 3.61. The summed E-state index contributed by atoms with van der Waals surface area (Å²) < 4.78 is 21.6. The maximum atomic E-state index is 5.71. The fourth-order valence-electron chi connectivity index (χ4n) is 2.30. The molecule has 0 N–H and O–H groups in total. The van der Waals surface area contributed by atoms with E-state index in [2.05, 4.69) is 12.1 Å². The Morgan fingerprint density at radius 3 is 2.12 bits per heavy atom. The summed E-state index contributed by atoms with van der Waals surface area (Å²) in [6, 6.07) is 18.1. The van der Waals surface area contributed by atoms with Gasteiger partial charge in [0.15, 0.2) is 0 Å². The number of hydrogen-bond acceptors (Lipinski definition) is 4. The largest absolute Gasteiger partial charge is 0.498 e. The summed E-state index contributed by atoms with van der Waals surface area (Å²) in [4.78, 5) is 0. The molecule has 0 aliphatic rings. The third kappa shape index (κ3) is 6.61. The van der Waals surface area contributed by atoms with Crippen LogP contribution in [0.15, 0.2) is 60.9 Å². The Bertz CT molecular complexity index is 620. The van der Waals surface area contributed by atoms with Crippen molar-refractivity contribution in [1.29, 1.82) is 0 Å². The number of rotatable bonds is 11. The van der Waals surface area contributed by atoms with Crippen LogP contribution in [0.5, 0.6) is 5.75 Å². The molecular formula is C21H26O4. The van der Waals surface area contributed by atoms with E-state index in [9.17, 15) is 0 Å². The van der Waals surface area contributed by atoms with Gasteiger partial charge in [0.2, 0.25) is 0 Å². The summed E-state index contributed by atoms with van der Waals surface area (Å²) in [5, 5.41) is 0. The molecule has 4 heteroatoms. The average Bonchev–Trinajstić information content (AvgIpc) is 2.68. The van der Waals surface area contributed by atoms with Crippen molar-refractivity contribution in [2.24, 2.45) is 0 Å². The van der Waals surface area contributed by atoms with Crippen LogP contribution in [0.25, 0.3) is 5.57 Å². The minimum atomic E-state index is 0.499. The molecule has 0 saturated heterocycles. The summed E-state index contributed by atoms with van der Waals surface area (Å²) in [5.41, 5.74) is 3.20. The zero-order valence-electron chi connectivity index (χ0n) is 14.9. The molecule has 0 aliphatic heterocycles. The predicted octanol–water partition coefficient (Wildman–Crippen LogP) is 4.15. The van der Waals surface area contributed by atoms with Crippen LogP contribution >= 0.6 is 0 Å². The molecule has 0 unspecified atom stereocenters. The normalized spacial score (nSPS) is 11.4. The molecule has 0 radical (unpaired) electrons. The fraction of sp³-hybridized carbons (Fsp3) is 0.333. The first-order chi connectivity index (χ1) is 12.3. The molecule has 0 aromatic heterocycles. The number of benzene rings is 2. The fourth-order valence-corrected chi connectivity index (χ4v) is 2.30. The SMILES string of the molecule is CCOCCOCCO/C=C(\c1ccccc1)c1ccc(OC)cc1. The molecule has 2 rings (SSSR count). The second-order valence-electron chi connectivity index (χ2n) is 5.31. The maximum Gasteiger partial charge on any atom is 0.118 e. The van der Waals surface area contributed by atoms with Crippen molar-refractivity contribution in [3.8, 4) is 5.75 Å². The highest BCUT2D eigenvalue weighted by molar-refractivity contribution is 5.79. The van der Waals surface area contributed by atoms with Gasteiger partial charge in [-0.15, -0.1) is 0 Å². The lowest BCUT2D eigenvalue weighted by atomic mass is 9.99. The van der Waals surface area contributed by atoms with Crippen molar-refractivity contribution >= 4 is 5.57 Å². The molecule has 0 saturated carbocycles. The minimum Gasteiger partial charge on any atom is -0.498 e. The monoisotopic (exact) mass is 342 g/mol. The van der Waals surface area contributed by atoms with Gasteiger partial charge in [-0.25, -0.2) is 0 Å². The van der Waals surface area contributed by atoms with Crippen molar-refractivity contribution in [2.75, 3.05) is 40.1 Å². The van der Waals surface area contributed by atoms with Crippen molar-refractivity contribution in [1.82, 2.24) is 0 Å². The summed E-state index contributed by atoms with van der Waals surface area (Å²) in [6.45, 7) is 4.92. The van der Waals surface area contributed by atoms with E-state index in [1.165, 1.54) is 0 Å². The van der Waals surface area contributed by atoms with Crippen molar-refractivity contribution in [2.45, 2.75) is 6.92 Å². The van der Waals surface area contributed by atoms with Crippen molar-refractivity contribution in [3.63, 3.8) is 0 Å². The predicted molar refractivity (Wildman–Crippen MR) is 99.8 cm³/mol. The van der Waals surface area contributed by atoms with E-state index < -0.39 is 0 Å². The molecule has 2 aromatic carbocycles. The van der Waals surface area contributed by atoms with Gasteiger partial charge in [-0.1, -0.05) is 42.5 Å². The number of ether oxygens (including phenoxy) is 4. The van der Waals surface area contributed by atoms with Crippen molar-refractivity contribution in [3.05, 3.63) is 72.0 Å². The molecule has 4 nitrogen and oxygen atoms in total. The molecule has 0 aliphatic carbocycles. The van der Waals surface area contributed by atoms with Gasteiger partial charge in [0, 0.05) is 12.2 Å². The summed E-state index contributed by atoms with van der Waals surface area (Å²) in [7, 11) is 1.66. The van der Waals surface area contributed by atoms with Crippen LogP contribution in [0.3, 0.4) is 0 Å². The van der Waals surface area contributed by atoms with Gasteiger partial charge in [0.05, 0.1) is 33.2 Å². The van der Waals surface area contributed by atoms with Gasteiger partial charge < -0.3 is 18.9 Å². The van der Waals surface area contributed by atoms with Crippen LogP contribution in [-0.2, 0) is 14.2 Å². The minimum absolute atomic E-state index is 0.499. The van der Waals surface area contributed by atoms with Gasteiger partial charge in [-0.05, 0) is 30.2 Å². The Balaban J connectivity index is 1.97. The molecule has 0 bridgehead atoms. The first-order valence-corrected chi connectivity index (χ1v) is 8.52. The third-order valence-electron chi connectivity index (χ3n) is 3.61. The average molecular weight is 342 g/mol. The molecule has 2 aromatic rings. The lowest BCUT2D eigenvalue weighted by Gasteiger charge is -2.10. The highest BCUT2D eigenvalue weighted by Crippen LogP contribution is 2.25. The van der Waals surface area contributed by atoms with E-state index in [1.807, 2.05) is 49.4 Å². The molecular weight excluding hydrogens is 316 g/mol. The first-order valence-electron chi connectivity index (χ1n) is 8.52. The zero-order valence-corrected chi connectivity index (χ0v) is 14.9. The quantitative estimate of drug-likeness (QED) is 0.454. The lowest BCUT2D eigenvalue weighted by Crippen LogP contribution is -2.08. The number of hydrogen-bond donors (Lipinski definition) is 0. The Morgan fingerprint density at radius 2 is 1.44 bits per heavy atom. The van der Waals surface area contributed by atoms with Gasteiger partial charge in [-0.2, -0.15) is 0 Å². The standard InChI is InChI=1S/C21H26O4/c1-3-23-13-14-24-15-16-25-17-21(18-7-5-4-6-8-18)19-9-11-20(22-2)12-10-19/h4-12,17H,3,13-16H2,1-2H3/b21-17+. The van der Waals surface area contributed by atoms with E-state index >= 15 is 0 Å². The Hall–Kier alpha value is -2.30. The van der Waals surface area contributed by atoms with E-state index in [4.69, 9.17) is 18.9 Å². The van der Waals surface area contributed by atoms with Gasteiger partial charge in [0.1, 0.15) is 12.4 Å². The van der Waals surface area contributed by atoms with E-state index in [0.29, 0.717) is 33.0 Å². The first kappa shape index (κ1) is 19.0. The second kappa shape index (κ2) is 11.3. The second-order valence-corrected chi connectivity index (χ2v) is 5.31. The highest BCUT2D eigenvalue weighted by Gasteiger charge is 2.06. The Kier molecular flexibility index (Phi) is 8.59. The topological polar surface area (TPSA) is 36.9 Å². The molecule has 0 amide bonds. The van der Waals surface area contributed by atoms with E-state index in [0.717, 1.165) is 22.4 Å². The summed E-state index contributed by atoms with van der Waals surface area (Å²) in [6.07, 6.45) is 1.79. The zero-order chi connectivity index (χ0) is 17.7. The van der Waals surface area contributed by atoms with Crippen molar-refractivity contribution < 1.29 is 18.9 Å². The van der Waals surface area contributed by atoms with Gasteiger partial charge in [0.25, 0.3) is 0 Å². The van der Waals surface area contributed by atoms with Crippen LogP contribution in [0.1, 0.15) is 18.1 Å². The molecule has 0 atom stereocenters. The highest BCUT2D eigenvalue weighted by atomic mass is 16.5. The van der Waals surface area contributed by atoms with Crippen LogP contribution in [0, 0.1) is 0 Å². The van der Waals surface area contributed by atoms with Crippen LogP contribution in [0.4, 0.5) is 0 Å². The molecule has 0 fully saturated rings. The van der Waals surface area contributed by atoms with Crippen LogP contribution in [0.2, 0.25) is 0 Å². The molecule has 25 heavy (non-hydrogen) atoms.